The summed E-state index contributed by atoms with van der Waals surface area (Å²) in [5.74, 6) is 0. The van der Waals surface area contributed by atoms with Gasteiger partial charge in [0.1, 0.15) is 0 Å². The second-order valence-electron chi connectivity index (χ2n) is 2.16. The average molecular weight is 103 g/mol. The van der Waals surface area contributed by atoms with E-state index in [1.165, 1.54) is 12.8 Å². The maximum absolute atomic E-state index is 2.44. The fourth-order valence-corrected chi connectivity index (χ4v) is 2.94. The van der Waals surface area contributed by atoms with Crippen LogP contribution in [-0.4, -0.2) is 19.0 Å². The van der Waals surface area contributed by atoms with Crippen LogP contribution < -0.4 is 0 Å². The molecule has 1 rings (SSSR count). The lowest BCUT2D eigenvalue weighted by Crippen LogP contribution is -1.65. The Bertz CT molecular complexity index is 37.2. The van der Waals surface area contributed by atoms with Crippen molar-refractivity contribution >= 4 is 7.92 Å². The third-order valence-electron chi connectivity index (χ3n) is 1.46. The monoisotopic (exact) mass is 103 g/mol. The standard InChI is InChI=1S/C5H11P/c1-6-4-2-3-5-6/h2-5H2,1H3/p+1. The summed E-state index contributed by atoms with van der Waals surface area (Å²) < 4.78 is 0. The fraction of sp³-hybridized carbons (Fsp3) is 1.00. The number of hydrogen-bond acceptors (Lipinski definition) is 0. The van der Waals surface area contributed by atoms with Gasteiger partial charge in [-0.05, 0) is 20.8 Å². The van der Waals surface area contributed by atoms with E-state index in [9.17, 15) is 0 Å². The molecule has 0 atom stereocenters. The van der Waals surface area contributed by atoms with Crippen molar-refractivity contribution in [3.8, 4) is 0 Å². The lowest BCUT2D eigenvalue weighted by atomic mass is 10.4. The van der Waals surface area contributed by atoms with E-state index < -0.39 is 0 Å². The van der Waals surface area contributed by atoms with Crippen molar-refractivity contribution in [2.24, 2.45) is 0 Å². The zero-order chi connectivity index (χ0) is 4.41. The Hall–Kier alpha value is 0.430. The average Bonchev–Trinajstić information content (AvgIpc) is 1.86. The first-order valence-electron chi connectivity index (χ1n) is 2.71. The Morgan fingerprint density at radius 2 is 1.67 bits per heavy atom. The van der Waals surface area contributed by atoms with Crippen LogP contribution in [0.1, 0.15) is 12.8 Å². The molecule has 1 aliphatic heterocycles. The van der Waals surface area contributed by atoms with Gasteiger partial charge in [-0.25, -0.2) is 0 Å². The van der Waals surface area contributed by atoms with Crippen LogP contribution in [-0.2, 0) is 0 Å². The highest BCUT2D eigenvalue weighted by Gasteiger charge is 2.14. The molecule has 6 heavy (non-hydrogen) atoms. The van der Waals surface area contributed by atoms with E-state index in [1.54, 1.807) is 12.3 Å². The Kier molecular flexibility index (Phi) is 1.48. The Morgan fingerprint density at radius 3 is 1.83 bits per heavy atom. The first-order valence-corrected chi connectivity index (χ1v) is 5.12. The van der Waals surface area contributed by atoms with Crippen LogP contribution in [0.5, 0.6) is 0 Å². The summed E-state index contributed by atoms with van der Waals surface area (Å²) in [6.07, 6.45) is 6.24. The van der Waals surface area contributed by atoms with Crippen LogP contribution >= 0.6 is 7.92 Å². The molecular weight excluding hydrogens is 91.0 g/mol. The van der Waals surface area contributed by atoms with Gasteiger partial charge in [0.2, 0.25) is 0 Å². The van der Waals surface area contributed by atoms with E-state index in [1.807, 2.05) is 0 Å². The highest BCUT2D eigenvalue weighted by molar-refractivity contribution is 7.57. The molecule has 1 heteroatoms. The molecule has 1 aliphatic rings. The zero-order valence-corrected chi connectivity index (χ0v) is 5.33. The van der Waals surface area contributed by atoms with Crippen LogP contribution in [0.4, 0.5) is 0 Å². The largest absolute Gasteiger partial charge is 0.0570 e. The van der Waals surface area contributed by atoms with E-state index >= 15 is 0 Å². The highest BCUT2D eigenvalue weighted by atomic mass is 31.1. The van der Waals surface area contributed by atoms with E-state index in [-0.39, 0.29) is 7.92 Å². The summed E-state index contributed by atoms with van der Waals surface area (Å²) >= 11 is 0. The van der Waals surface area contributed by atoms with Gasteiger partial charge in [0.25, 0.3) is 0 Å². The van der Waals surface area contributed by atoms with E-state index in [0.717, 1.165) is 0 Å². The normalized spacial score (nSPS) is 25.5. The van der Waals surface area contributed by atoms with Crippen molar-refractivity contribution in [1.82, 2.24) is 0 Å². The first-order chi connectivity index (χ1) is 2.89. The molecule has 0 radical (unpaired) electrons. The third-order valence-corrected chi connectivity index (χ3v) is 3.87. The predicted octanol–water partition coefficient (Wildman–Crippen LogP) is 1.62. The SMILES string of the molecule is C[PH+]1CCCC1. The van der Waals surface area contributed by atoms with Crippen molar-refractivity contribution in [1.29, 1.82) is 0 Å². The first kappa shape index (κ1) is 4.59. The number of hydrogen-bond donors (Lipinski definition) is 0. The van der Waals surface area contributed by atoms with Gasteiger partial charge in [0.15, 0.2) is 0 Å². The minimum absolute atomic E-state index is 0.243. The smallest absolute Gasteiger partial charge is 0.0160 e. The Balaban J connectivity index is 2.18. The highest BCUT2D eigenvalue weighted by Crippen LogP contribution is 2.38. The van der Waals surface area contributed by atoms with Crippen LogP contribution in [0.3, 0.4) is 0 Å². The number of rotatable bonds is 0. The molecule has 0 saturated carbocycles. The predicted molar refractivity (Wildman–Crippen MR) is 33.2 cm³/mol. The minimum atomic E-state index is 0.243. The molecule has 36 valence electrons. The van der Waals surface area contributed by atoms with Gasteiger partial charge < -0.3 is 0 Å². The van der Waals surface area contributed by atoms with Gasteiger partial charge in [-0.3, -0.25) is 0 Å². The van der Waals surface area contributed by atoms with Crippen molar-refractivity contribution in [2.45, 2.75) is 12.8 Å². The Morgan fingerprint density at radius 1 is 1.17 bits per heavy atom. The molecule has 0 aromatic rings. The van der Waals surface area contributed by atoms with Gasteiger partial charge in [-0.15, -0.1) is 0 Å². The lowest BCUT2D eigenvalue weighted by molar-refractivity contribution is 0.949. The summed E-state index contributed by atoms with van der Waals surface area (Å²) in [4.78, 5) is 0. The van der Waals surface area contributed by atoms with E-state index in [0.29, 0.717) is 0 Å². The summed E-state index contributed by atoms with van der Waals surface area (Å²) in [5.41, 5.74) is 0. The maximum atomic E-state index is 2.44. The fourth-order valence-electron chi connectivity index (χ4n) is 0.979. The van der Waals surface area contributed by atoms with Gasteiger partial charge in [-0.1, -0.05) is 0 Å². The second-order valence-corrected chi connectivity index (χ2v) is 5.08. The van der Waals surface area contributed by atoms with Crippen LogP contribution in [0.2, 0.25) is 0 Å². The molecule has 1 heterocycles. The minimum Gasteiger partial charge on any atom is -0.0160 e. The van der Waals surface area contributed by atoms with Crippen molar-refractivity contribution < 1.29 is 0 Å². The molecule has 0 unspecified atom stereocenters. The maximum Gasteiger partial charge on any atom is 0.0570 e. The molecule has 0 aromatic carbocycles. The van der Waals surface area contributed by atoms with Gasteiger partial charge >= 0.3 is 0 Å². The van der Waals surface area contributed by atoms with Crippen molar-refractivity contribution in [3.63, 3.8) is 0 Å². The molecule has 0 nitrogen and oxygen atoms in total. The van der Waals surface area contributed by atoms with Gasteiger partial charge in [-0.2, -0.15) is 0 Å². The van der Waals surface area contributed by atoms with Crippen LogP contribution in [0, 0.1) is 0 Å². The van der Waals surface area contributed by atoms with Crippen molar-refractivity contribution in [2.75, 3.05) is 19.0 Å². The molecule has 0 amide bonds. The molecule has 0 aromatic heterocycles. The topological polar surface area (TPSA) is 0 Å². The van der Waals surface area contributed by atoms with E-state index in [4.69, 9.17) is 0 Å². The van der Waals surface area contributed by atoms with Gasteiger partial charge in [0.05, 0.1) is 12.3 Å². The molecule has 1 saturated heterocycles. The van der Waals surface area contributed by atoms with Crippen LogP contribution in [0.15, 0.2) is 0 Å². The molecule has 0 bridgehead atoms. The molecule has 0 N–H and O–H groups in total. The summed E-state index contributed by atoms with van der Waals surface area (Å²) in [7, 11) is 0.243. The van der Waals surface area contributed by atoms with Crippen molar-refractivity contribution in [3.05, 3.63) is 0 Å². The van der Waals surface area contributed by atoms with Crippen LogP contribution in [0.25, 0.3) is 0 Å². The van der Waals surface area contributed by atoms with Gasteiger partial charge in [0, 0.05) is 6.66 Å². The van der Waals surface area contributed by atoms with E-state index in [2.05, 4.69) is 6.66 Å². The lowest BCUT2D eigenvalue weighted by Gasteiger charge is -1.83. The second kappa shape index (κ2) is 1.93. The molecule has 1 fully saturated rings. The summed E-state index contributed by atoms with van der Waals surface area (Å²) in [6.45, 7) is 2.44. The molecular formula is C5H12P+. The Labute approximate surface area is 40.7 Å². The third kappa shape index (κ3) is 0.944. The summed E-state index contributed by atoms with van der Waals surface area (Å²) in [6, 6.07) is 0. The quantitative estimate of drug-likeness (QED) is 0.409. The molecule has 0 aliphatic carbocycles. The zero-order valence-electron chi connectivity index (χ0n) is 4.33. The molecule has 0 spiro atoms. The summed E-state index contributed by atoms with van der Waals surface area (Å²) in [5, 5.41) is 0.